The number of methoxy groups -OCH3 is 1. The number of hydrogen-bond donors (Lipinski definition) is 0. The van der Waals surface area contributed by atoms with Crippen molar-refractivity contribution in [3.05, 3.63) is 63.5 Å². The molecule has 0 amide bonds. The number of benzene rings is 2. The standard InChI is InChI=1S/C16H12BrNO3S/c1-21-14-4-2-3-12(9-14)10-16(11-18)22(19,20)15-7-5-13(17)6-8-15/h2-10H,1H3. The topological polar surface area (TPSA) is 67.2 Å². The van der Waals surface area contributed by atoms with Crippen LogP contribution in [0, 0.1) is 11.3 Å². The minimum absolute atomic E-state index is 0.0754. The van der Waals surface area contributed by atoms with Gasteiger partial charge in [-0.15, -0.1) is 0 Å². The lowest BCUT2D eigenvalue weighted by Crippen LogP contribution is -2.03. The van der Waals surface area contributed by atoms with E-state index in [1.807, 2.05) is 0 Å². The summed E-state index contributed by atoms with van der Waals surface area (Å²) in [4.78, 5) is -0.241. The number of ether oxygens (including phenoxy) is 1. The molecule has 0 aliphatic carbocycles. The van der Waals surface area contributed by atoms with Gasteiger partial charge in [0.1, 0.15) is 16.7 Å². The first kappa shape index (κ1) is 16.3. The maximum absolute atomic E-state index is 12.5. The highest BCUT2D eigenvalue weighted by Crippen LogP contribution is 2.24. The fourth-order valence-electron chi connectivity index (χ4n) is 1.79. The summed E-state index contributed by atoms with van der Waals surface area (Å²) in [6, 6.07) is 14.7. The van der Waals surface area contributed by atoms with E-state index in [9.17, 15) is 13.7 Å². The SMILES string of the molecule is COc1cccc(C=C(C#N)S(=O)(=O)c2ccc(Br)cc2)c1. The second-order valence-electron chi connectivity index (χ2n) is 4.35. The maximum atomic E-state index is 12.5. The smallest absolute Gasteiger partial charge is 0.216 e. The maximum Gasteiger partial charge on any atom is 0.216 e. The Labute approximate surface area is 137 Å². The van der Waals surface area contributed by atoms with Crippen LogP contribution in [0.3, 0.4) is 0 Å². The average Bonchev–Trinajstić information content (AvgIpc) is 2.53. The zero-order chi connectivity index (χ0) is 16.2. The monoisotopic (exact) mass is 377 g/mol. The molecule has 0 aromatic heterocycles. The number of hydrogen-bond acceptors (Lipinski definition) is 4. The second kappa shape index (κ2) is 6.77. The Balaban J connectivity index is 2.48. The van der Waals surface area contributed by atoms with E-state index in [-0.39, 0.29) is 9.80 Å². The van der Waals surface area contributed by atoms with Gasteiger partial charge in [-0.05, 0) is 48.0 Å². The van der Waals surface area contributed by atoms with E-state index >= 15 is 0 Å². The summed E-state index contributed by atoms with van der Waals surface area (Å²) >= 11 is 3.25. The van der Waals surface area contributed by atoms with Crippen LogP contribution in [-0.2, 0) is 9.84 Å². The predicted molar refractivity (Wildman–Crippen MR) is 87.9 cm³/mol. The van der Waals surface area contributed by atoms with E-state index in [2.05, 4.69) is 15.9 Å². The molecule has 0 bridgehead atoms. The second-order valence-corrected chi connectivity index (χ2v) is 7.19. The summed E-state index contributed by atoms with van der Waals surface area (Å²) in [5.74, 6) is 0.590. The highest BCUT2D eigenvalue weighted by atomic mass is 79.9. The summed E-state index contributed by atoms with van der Waals surface area (Å²) in [7, 11) is -2.33. The largest absolute Gasteiger partial charge is 0.497 e. The van der Waals surface area contributed by atoms with Crippen LogP contribution in [0.25, 0.3) is 6.08 Å². The van der Waals surface area contributed by atoms with Gasteiger partial charge in [-0.25, -0.2) is 8.42 Å². The van der Waals surface area contributed by atoms with Crippen LogP contribution in [0.5, 0.6) is 5.75 Å². The number of allylic oxidation sites excluding steroid dienone is 1. The van der Waals surface area contributed by atoms with Crippen molar-refractivity contribution in [3.63, 3.8) is 0 Å². The summed E-state index contributed by atoms with van der Waals surface area (Å²) in [5, 5.41) is 9.23. The molecule has 112 valence electrons. The molecule has 0 aliphatic rings. The van der Waals surface area contributed by atoms with Crippen molar-refractivity contribution in [1.82, 2.24) is 0 Å². The van der Waals surface area contributed by atoms with E-state index in [4.69, 9.17) is 4.74 Å². The Morgan fingerprint density at radius 1 is 1.23 bits per heavy atom. The quantitative estimate of drug-likeness (QED) is 0.759. The van der Waals surface area contributed by atoms with Gasteiger partial charge in [0.2, 0.25) is 9.84 Å². The molecular formula is C16H12BrNO3S. The van der Waals surface area contributed by atoms with Crippen molar-refractivity contribution in [2.24, 2.45) is 0 Å². The highest BCUT2D eigenvalue weighted by molar-refractivity contribution is 9.10. The third-order valence-corrected chi connectivity index (χ3v) is 5.12. The molecule has 0 heterocycles. The minimum Gasteiger partial charge on any atom is -0.497 e. The van der Waals surface area contributed by atoms with Gasteiger partial charge < -0.3 is 4.74 Å². The van der Waals surface area contributed by atoms with Crippen molar-refractivity contribution in [1.29, 1.82) is 5.26 Å². The van der Waals surface area contributed by atoms with Gasteiger partial charge >= 0.3 is 0 Å². The molecule has 0 aliphatic heterocycles. The van der Waals surface area contributed by atoms with Crippen molar-refractivity contribution in [3.8, 4) is 11.8 Å². The molecule has 2 rings (SSSR count). The van der Waals surface area contributed by atoms with E-state index < -0.39 is 9.84 Å². The summed E-state index contributed by atoms with van der Waals surface area (Å²) in [6.45, 7) is 0. The first-order valence-corrected chi connectivity index (χ1v) is 8.51. The Kier molecular flexibility index (Phi) is 5.01. The molecule has 6 heteroatoms. The molecule has 2 aromatic carbocycles. The average molecular weight is 378 g/mol. The predicted octanol–water partition coefficient (Wildman–Crippen LogP) is 3.80. The van der Waals surface area contributed by atoms with E-state index in [1.165, 1.54) is 25.3 Å². The molecule has 4 nitrogen and oxygen atoms in total. The molecule has 0 N–H and O–H groups in total. The van der Waals surface area contributed by atoms with Crippen LogP contribution in [0.15, 0.2) is 62.8 Å². The van der Waals surface area contributed by atoms with Crippen molar-refractivity contribution >= 4 is 31.8 Å². The summed E-state index contributed by atoms with van der Waals surface area (Å²) in [6.07, 6.45) is 1.33. The molecule has 0 unspecified atom stereocenters. The fourth-order valence-corrected chi connectivity index (χ4v) is 3.22. The Morgan fingerprint density at radius 2 is 1.91 bits per heavy atom. The van der Waals surface area contributed by atoms with Crippen LogP contribution in [0.2, 0.25) is 0 Å². The molecule has 22 heavy (non-hydrogen) atoms. The summed E-state index contributed by atoms with van der Waals surface area (Å²) in [5.41, 5.74) is 0.580. The molecular weight excluding hydrogens is 366 g/mol. The first-order valence-electron chi connectivity index (χ1n) is 6.24. The number of nitriles is 1. The van der Waals surface area contributed by atoms with E-state index in [0.717, 1.165) is 4.47 Å². The lowest BCUT2D eigenvalue weighted by Gasteiger charge is -2.04. The van der Waals surface area contributed by atoms with Crippen LogP contribution in [0.4, 0.5) is 0 Å². The molecule has 0 saturated heterocycles. The van der Waals surface area contributed by atoms with Gasteiger partial charge in [-0.2, -0.15) is 5.26 Å². The molecule has 0 spiro atoms. The zero-order valence-corrected chi connectivity index (χ0v) is 14.1. The minimum atomic E-state index is -3.85. The lowest BCUT2D eigenvalue weighted by atomic mass is 10.2. The molecule has 0 saturated carbocycles. The molecule has 0 atom stereocenters. The Hall–Kier alpha value is -2.10. The Morgan fingerprint density at radius 3 is 2.50 bits per heavy atom. The van der Waals surface area contributed by atoms with Crippen LogP contribution in [-0.4, -0.2) is 15.5 Å². The van der Waals surface area contributed by atoms with Crippen LogP contribution < -0.4 is 4.74 Å². The van der Waals surface area contributed by atoms with Gasteiger partial charge in [-0.1, -0.05) is 28.1 Å². The molecule has 2 aromatic rings. The fraction of sp³-hybridized carbons (Fsp3) is 0.0625. The van der Waals surface area contributed by atoms with Crippen molar-refractivity contribution < 1.29 is 13.2 Å². The van der Waals surface area contributed by atoms with E-state index in [0.29, 0.717) is 11.3 Å². The number of rotatable bonds is 4. The van der Waals surface area contributed by atoms with E-state index in [1.54, 1.807) is 42.5 Å². The van der Waals surface area contributed by atoms with Gasteiger partial charge in [0.05, 0.1) is 12.0 Å². The lowest BCUT2D eigenvalue weighted by molar-refractivity contribution is 0.414. The Bertz CT molecular complexity index is 850. The van der Waals surface area contributed by atoms with Gasteiger partial charge in [0.15, 0.2) is 0 Å². The number of sulfone groups is 1. The van der Waals surface area contributed by atoms with Crippen molar-refractivity contribution in [2.75, 3.05) is 7.11 Å². The molecule has 0 radical (unpaired) electrons. The first-order chi connectivity index (χ1) is 10.5. The third kappa shape index (κ3) is 3.56. The number of halogens is 1. The normalized spacial score (nSPS) is 11.8. The summed E-state index contributed by atoms with van der Waals surface area (Å²) < 4.78 is 30.8. The van der Waals surface area contributed by atoms with Crippen molar-refractivity contribution in [2.45, 2.75) is 4.90 Å². The number of nitrogens with zero attached hydrogens (tertiary/aromatic N) is 1. The van der Waals surface area contributed by atoms with Gasteiger partial charge in [0.25, 0.3) is 0 Å². The highest BCUT2D eigenvalue weighted by Gasteiger charge is 2.20. The van der Waals surface area contributed by atoms with Crippen LogP contribution >= 0.6 is 15.9 Å². The van der Waals surface area contributed by atoms with Crippen LogP contribution in [0.1, 0.15) is 5.56 Å². The molecule has 0 fully saturated rings. The zero-order valence-electron chi connectivity index (χ0n) is 11.7. The third-order valence-electron chi connectivity index (χ3n) is 2.92. The van der Waals surface area contributed by atoms with Gasteiger partial charge in [0, 0.05) is 4.47 Å². The van der Waals surface area contributed by atoms with Gasteiger partial charge in [-0.3, -0.25) is 0 Å².